The van der Waals surface area contributed by atoms with Gasteiger partial charge in [-0.1, -0.05) is 16.7 Å². The molecule has 1 aromatic rings. The molecule has 0 unspecified atom stereocenters. The number of azide groups is 1. The number of nitriles is 1. The SMILES string of the molecule is Cc1ccc(C#N)c(N=[N+]=[N-])c1. The van der Waals surface area contributed by atoms with E-state index < -0.39 is 0 Å². The van der Waals surface area contributed by atoms with Crippen LogP contribution in [0.2, 0.25) is 0 Å². The number of benzene rings is 1. The fraction of sp³-hybridized carbons (Fsp3) is 0.125. The van der Waals surface area contributed by atoms with E-state index in [0.29, 0.717) is 11.3 Å². The minimum absolute atomic E-state index is 0.389. The molecule has 0 fully saturated rings. The van der Waals surface area contributed by atoms with E-state index in [2.05, 4.69) is 10.0 Å². The highest BCUT2D eigenvalue weighted by Gasteiger charge is 1.97. The van der Waals surface area contributed by atoms with E-state index >= 15 is 0 Å². The predicted octanol–water partition coefficient (Wildman–Crippen LogP) is 2.81. The standard InChI is InChI=1S/C8H6N4/c1-6-2-3-7(5-9)8(4-6)11-12-10/h2-4H,1H3. The maximum atomic E-state index is 8.60. The second kappa shape index (κ2) is 3.42. The van der Waals surface area contributed by atoms with Crippen LogP contribution in [0, 0.1) is 18.3 Å². The number of rotatable bonds is 1. The smallest absolute Gasteiger partial charge is 0.0996 e. The third kappa shape index (κ3) is 1.54. The summed E-state index contributed by atoms with van der Waals surface area (Å²) >= 11 is 0. The first-order valence-electron chi connectivity index (χ1n) is 3.34. The van der Waals surface area contributed by atoms with Gasteiger partial charge in [-0.05, 0) is 24.6 Å². The summed E-state index contributed by atoms with van der Waals surface area (Å²) in [4.78, 5) is 2.63. The molecule has 4 heteroatoms. The Hall–Kier alpha value is -1.98. The second-order valence-corrected chi connectivity index (χ2v) is 2.32. The van der Waals surface area contributed by atoms with Gasteiger partial charge in [0.05, 0.1) is 17.3 Å². The Kier molecular flexibility index (Phi) is 2.32. The molecule has 1 rings (SSSR count). The Bertz CT molecular complexity index is 383. The van der Waals surface area contributed by atoms with Gasteiger partial charge >= 0.3 is 0 Å². The Morgan fingerprint density at radius 3 is 2.92 bits per heavy atom. The summed E-state index contributed by atoms with van der Waals surface area (Å²) in [7, 11) is 0. The average Bonchev–Trinajstić information content (AvgIpc) is 2.05. The van der Waals surface area contributed by atoms with Crippen LogP contribution in [0.1, 0.15) is 11.1 Å². The van der Waals surface area contributed by atoms with E-state index in [-0.39, 0.29) is 0 Å². The van der Waals surface area contributed by atoms with Crippen molar-refractivity contribution in [2.24, 2.45) is 5.11 Å². The van der Waals surface area contributed by atoms with E-state index in [1.54, 1.807) is 18.2 Å². The summed E-state index contributed by atoms with van der Waals surface area (Å²) in [6.07, 6.45) is 0. The van der Waals surface area contributed by atoms with Crippen LogP contribution < -0.4 is 0 Å². The lowest BCUT2D eigenvalue weighted by molar-refractivity contribution is 1.37. The predicted molar refractivity (Wildman–Crippen MR) is 44.7 cm³/mol. The van der Waals surface area contributed by atoms with Crippen molar-refractivity contribution >= 4 is 5.69 Å². The molecule has 0 aromatic heterocycles. The van der Waals surface area contributed by atoms with Crippen molar-refractivity contribution < 1.29 is 0 Å². The first kappa shape index (κ1) is 8.12. The zero-order valence-electron chi connectivity index (χ0n) is 6.52. The quantitative estimate of drug-likeness (QED) is 0.352. The molecule has 12 heavy (non-hydrogen) atoms. The molecular formula is C8H6N4. The fourth-order valence-corrected chi connectivity index (χ4v) is 0.867. The maximum Gasteiger partial charge on any atom is 0.0996 e. The van der Waals surface area contributed by atoms with Gasteiger partial charge in [-0.2, -0.15) is 5.26 Å². The lowest BCUT2D eigenvalue weighted by atomic mass is 10.1. The van der Waals surface area contributed by atoms with Crippen LogP contribution in [-0.2, 0) is 0 Å². The first-order chi connectivity index (χ1) is 5.77. The van der Waals surface area contributed by atoms with Crippen LogP contribution in [-0.4, -0.2) is 0 Å². The van der Waals surface area contributed by atoms with Crippen LogP contribution in [0.15, 0.2) is 23.3 Å². The van der Waals surface area contributed by atoms with Crippen molar-refractivity contribution in [2.75, 3.05) is 0 Å². The van der Waals surface area contributed by atoms with Gasteiger partial charge in [0, 0.05) is 4.91 Å². The van der Waals surface area contributed by atoms with Crippen molar-refractivity contribution in [3.8, 4) is 6.07 Å². The van der Waals surface area contributed by atoms with Crippen molar-refractivity contribution in [1.29, 1.82) is 5.26 Å². The Labute approximate surface area is 69.7 Å². The highest BCUT2D eigenvalue weighted by molar-refractivity contribution is 5.54. The Balaban J connectivity index is 3.33. The molecule has 0 bridgehead atoms. The van der Waals surface area contributed by atoms with Crippen molar-refractivity contribution in [1.82, 2.24) is 0 Å². The van der Waals surface area contributed by atoms with Gasteiger partial charge in [-0.15, -0.1) is 0 Å². The molecule has 0 amide bonds. The lowest BCUT2D eigenvalue weighted by Gasteiger charge is -1.96. The minimum Gasteiger partial charge on any atom is -0.192 e. The Morgan fingerprint density at radius 2 is 2.33 bits per heavy atom. The van der Waals surface area contributed by atoms with Gasteiger partial charge in [0.2, 0.25) is 0 Å². The molecule has 0 radical (unpaired) electrons. The van der Waals surface area contributed by atoms with Crippen LogP contribution in [0.4, 0.5) is 5.69 Å². The average molecular weight is 158 g/mol. The van der Waals surface area contributed by atoms with Gasteiger partial charge in [0.15, 0.2) is 0 Å². The van der Waals surface area contributed by atoms with E-state index in [0.717, 1.165) is 5.56 Å². The summed E-state index contributed by atoms with van der Waals surface area (Å²) in [5, 5.41) is 12.0. The number of hydrogen-bond acceptors (Lipinski definition) is 2. The van der Waals surface area contributed by atoms with Gasteiger partial charge in [-0.25, -0.2) is 0 Å². The number of nitrogens with zero attached hydrogens (tertiary/aromatic N) is 4. The van der Waals surface area contributed by atoms with Crippen molar-refractivity contribution in [2.45, 2.75) is 6.92 Å². The Morgan fingerprint density at radius 1 is 1.58 bits per heavy atom. The van der Waals surface area contributed by atoms with Crippen molar-refractivity contribution in [3.63, 3.8) is 0 Å². The van der Waals surface area contributed by atoms with Gasteiger partial charge in [0.25, 0.3) is 0 Å². The highest BCUT2D eigenvalue weighted by atomic mass is 15.1. The van der Waals surface area contributed by atoms with E-state index in [1.807, 2.05) is 13.0 Å². The number of hydrogen-bond donors (Lipinski definition) is 0. The third-order valence-corrected chi connectivity index (χ3v) is 1.43. The summed E-state index contributed by atoms with van der Waals surface area (Å²) in [6, 6.07) is 7.06. The first-order valence-corrected chi connectivity index (χ1v) is 3.34. The van der Waals surface area contributed by atoms with E-state index in [9.17, 15) is 0 Å². The third-order valence-electron chi connectivity index (χ3n) is 1.43. The van der Waals surface area contributed by atoms with Gasteiger partial charge in [-0.3, -0.25) is 0 Å². The summed E-state index contributed by atoms with van der Waals surface area (Å²) in [5.74, 6) is 0. The zero-order valence-corrected chi connectivity index (χ0v) is 6.52. The normalized spacial score (nSPS) is 8.33. The summed E-state index contributed by atoms with van der Waals surface area (Å²) in [5.41, 5.74) is 9.94. The van der Waals surface area contributed by atoms with Crippen LogP contribution in [0.3, 0.4) is 0 Å². The van der Waals surface area contributed by atoms with Crippen LogP contribution in [0.5, 0.6) is 0 Å². The monoisotopic (exact) mass is 158 g/mol. The minimum atomic E-state index is 0.389. The molecule has 0 aliphatic carbocycles. The van der Waals surface area contributed by atoms with E-state index in [1.165, 1.54) is 0 Å². The summed E-state index contributed by atoms with van der Waals surface area (Å²) < 4.78 is 0. The molecule has 0 heterocycles. The zero-order chi connectivity index (χ0) is 8.97. The van der Waals surface area contributed by atoms with Gasteiger partial charge < -0.3 is 0 Å². The molecule has 58 valence electrons. The van der Waals surface area contributed by atoms with Crippen LogP contribution in [0.25, 0.3) is 10.4 Å². The molecule has 0 aliphatic heterocycles. The van der Waals surface area contributed by atoms with Crippen LogP contribution >= 0.6 is 0 Å². The fourth-order valence-electron chi connectivity index (χ4n) is 0.867. The molecule has 0 atom stereocenters. The molecule has 4 nitrogen and oxygen atoms in total. The molecule has 0 aliphatic rings. The molecule has 1 aromatic carbocycles. The van der Waals surface area contributed by atoms with E-state index in [4.69, 9.17) is 10.8 Å². The number of aryl methyl sites for hydroxylation is 1. The lowest BCUT2D eigenvalue weighted by Crippen LogP contribution is -1.76. The summed E-state index contributed by atoms with van der Waals surface area (Å²) in [6.45, 7) is 1.87. The van der Waals surface area contributed by atoms with Gasteiger partial charge in [0.1, 0.15) is 0 Å². The molecule has 0 N–H and O–H groups in total. The molecule has 0 spiro atoms. The second-order valence-electron chi connectivity index (χ2n) is 2.32. The van der Waals surface area contributed by atoms with Crippen molar-refractivity contribution in [3.05, 3.63) is 39.8 Å². The highest BCUT2D eigenvalue weighted by Crippen LogP contribution is 2.19. The topological polar surface area (TPSA) is 72.5 Å². The largest absolute Gasteiger partial charge is 0.192 e. The molecule has 0 saturated carbocycles. The maximum absolute atomic E-state index is 8.60. The molecular weight excluding hydrogens is 152 g/mol. The molecule has 0 saturated heterocycles.